The van der Waals surface area contributed by atoms with Crippen LogP contribution in [0.3, 0.4) is 0 Å². The number of hydrogen-bond donors (Lipinski definition) is 2. The van der Waals surface area contributed by atoms with Crippen molar-refractivity contribution in [2.24, 2.45) is 0 Å². The first-order valence-electron chi connectivity index (χ1n) is 14.2. The van der Waals surface area contributed by atoms with Gasteiger partial charge in [-0.15, -0.1) is 0 Å². The molecule has 1 saturated heterocycles. The van der Waals surface area contributed by atoms with Crippen LogP contribution in [0.4, 0.5) is 13.2 Å². The molecule has 12 heteroatoms. The van der Waals surface area contributed by atoms with Crippen molar-refractivity contribution >= 4 is 15.9 Å². The lowest BCUT2D eigenvalue weighted by atomic mass is 9.86. The quantitative estimate of drug-likeness (QED) is 0.462. The highest BCUT2D eigenvalue weighted by atomic mass is 32.2. The number of rotatable bonds is 8. The van der Waals surface area contributed by atoms with Crippen LogP contribution in [0.25, 0.3) is 0 Å². The number of nitrogens with one attached hydrogen (secondary N) is 2. The fraction of sp³-hybridized carbons (Fsp3) is 0.552. The zero-order chi connectivity index (χ0) is 29.0. The van der Waals surface area contributed by atoms with E-state index in [0.717, 1.165) is 55.7 Å². The van der Waals surface area contributed by atoms with Crippen LogP contribution in [0.15, 0.2) is 41.3 Å². The number of nitrogens with zero attached hydrogens (tertiary/aromatic N) is 1. The second kappa shape index (κ2) is 12.6. The van der Waals surface area contributed by atoms with Crippen molar-refractivity contribution in [2.75, 3.05) is 26.3 Å². The van der Waals surface area contributed by atoms with Crippen molar-refractivity contribution in [3.63, 3.8) is 0 Å². The maximum absolute atomic E-state index is 14.0. The van der Waals surface area contributed by atoms with Gasteiger partial charge in [0.2, 0.25) is 15.9 Å². The SMILES string of the molecule is O=C(C[C@@H](NS(=O)(=O)c1ccc2c(c1)OCCCO2)C(F)(F)F)N[C@@H]1CCCc2cc(CN3CCCCC3)ccc21. The van der Waals surface area contributed by atoms with Gasteiger partial charge in [-0.05, 0) is 74.0 Å². The fourth-order valence-corrected chi connectivity index (χ4v) is 6.96. The molecule has 0 bridgehead atoms. The molecule has 3 aliphatic rings. The number of sulfonamides is 1. The molecular formula is C29H36F3N3O5S. The van der Waals surface area contributed by atoms with E-state index in [1.54, 1.807) is 4.72 Å². The third-order valence-corrected chi connectivity index (χ3v) is 9.29. The molecule has 2 aromatic carbocycles. The number of hydrogen-bond acceptors (Lipinski definition) is 6. The van der Waals surface area contributed by atoms with Gasteiger partial charge in [-0.3, -0.25) is 9.69 Å². The average molecular weight is 596 g/mol. The lowest BCUT2D eigenvalue weighted by molar-refractivity contribution is -0.158. The van der Waals surface area contributed by atoms with Crippen LogP contribution in [0.2, 0.25) is 0 Å². The van der Waals surface area contributed by atoms with Gasteiger partial charge in [0.25, 0.3) is 0 Å². The normalized spacial score (nSPS) is 20.5. The summed E-state index contributed by atoms with van der Waals surface area (Å²) in [5, 5.41) is 2.73. The number of piperidine rings is 1. The van der Waals surface area contributed by atoms with E-state index in [1.165, 1.54) is 30.9 Å². The Balaban J connectivity index is 1.25. The van der Waals surface area contributed by atoms with Gasteiger partial charge in [-0.2, -0.15) is 17.9 Å². The third kappa shape index (κ3) is 7.52. The van der Waals surface area contributed by atoms with Crippen molar-refractivity contribution in [1.82, 2.24) is 14.9 Å². The minimum Gasteiger partial charge on any atom is -0.490 e. The molecule has 1 amide bonds. The molecule has 2 aromatic rings. The number of fused-ring (bicyclic) bond motifs is 2. The Morgan fingerprint density at radius 3 is 2.49 bits per heavy atom. The number of carbonyl (C=O) groups is 1. The van der Waals surface area contributed by atoms with E-state index in [2.05, 4.69) is 16.3 Å². The number of amides is 1. The Morgan fingerprint density at radius 2 is 1.73 bits per heavy atom. The predicted molar refractivity (Wildman–Crippen MR) is 146 cm³/mol. The monoisotopic (exact) mass is 595 g/mol. The largest absolute Gasteiger partial charge is 0.490 e. The summed E-state index contributed by atoms with van der Waals surface area (Å²) in [6.45, 7) is 3.69. The Hall–Kier alpha value is -2.83. The third-order valence-electron chi connectivity index (χ3n) is 7.82. The number of likely N-dealkylation sites (tertiary alicyclic amines) is 1. The molecule has 5 rings (SSSR count). The molecule has 0 spiro atoms. The maximum atomic E-state index is 14.0. The number of ether oxygens (including phenoxy) is 2. The molecule has 2 atom stereocenters. The van der Waals surface area contributed by atoms with Gasteiger partial charge in [0.15, 0.2) is 11.5 Å². The average Bonchev–Trinajstić information content (AvgIpc) is 3.18. The maximum Gasteiger partial charge on any atom is 0.405 e. The molecule has 0 radical (unpaired) electrons. The van der Waals surface area contributed by atoms with Crippen LogP contribution in [-0.2, 0) is 27.8 Å². The first-order valence-corrected chi connectivity index (χ1v) is 15.7. The topological polar surface area (TPSA) is 97.0 Å². The molecule has 2 N–H and O–H groups in total. The van der Waals surface area contributed by atoms with Crippen molar-refractivity contribution < 1.29 is 35.9 Å². The van der Waals surface area contributed by atoms with Crippen molar-refractivity contribution in [3.05, 3.63) is 53.1 Å². The summed E-state index contributed by atoms with van der Waals surface area (Å²) < 4.78 is 80.3. The van der Waals surface area contributed by atoms with Crippen LogP contribution in [0.1, 0.15) is 67.7 Å². The molecule has 1 aliphatic carbocycles. The summed E-state index contributed by atoms with van der Waals surface area (Å²) in [5.74, 6) is -0.412. The number of alkyl halides is 3. The second-order valence-corrected chi connectivity index (χ2v) is 12.7. The Morgan fingerprint density at radius 1 is 0.976 bits per heavy atom. The van der Waals surface area contributed by atoms with Gasteiger partial charge in [0.05, 0.1) is 30.6 Å². The highest BCUT2D eigenvalue weighted by molar-refractivity contribution is 7.89. The van der Waals surface area contributed by atoms with Crippen LogP contribution in [0.5, 0.6) is 11.5 Å². The van der Waals surface area contributed by atoms with Gasteiger partial charge in [-0.1, -0.05) is 24.6 Å². The lowest BCUT2D eigenvalue weighted by Crippen LogP contribution is -2.48. The van der Waals surface area contributed by atoms with E-state index in [1.807, 2.05) is 12.1 Å². The van der Waals surface area contributed by atoms with Gasteiger partial charge in [0, 0.05) is 19.0 Å². The van der Waals surface area contributed by atoms with Gasteiger partial charge >= 0.3 is 6.18 Å². The summed E-state index contributed by atoms with van der Waals surface area (Å²) >= 11 is 0. The molecule has 2 heterocycles. The Kier molecular flexibility index (Phi) is 9.10. The summed E-state index contributed by atoms with van der Waals surface area (Å²) in [5.41, 5.74) is 3.20. The fourth-order valence-electron chi connectivity index (χ4n) is 5.72. The Bertz CT molecular complexity index is 1350. The number of aryl methyl sites for hydroxylation is 1. The number of halogens is 3. The first kappa shape index (κ1) is 29.7. The predicted octanol–water partition coefficient (Wildman–Crippen LogP) is 4.63. The minimum absolute atomic E-state index is 0.140. The van der Waals surface area contributed by atoms with Gasteiger partial charge in [-0.25, -0.2) is 8.42 Å². The molecule has 8 nitrogen and oxygen atoms in total. The van der Waals surface area contributed by atoms with Crippen molar-refractivity contribution in [2.45, 2.75) is 81.1 Å². The smallest absolute Gasteiger partial charge is 0.405 e. The minimum atomic E-state index is -4.98. The highest BCUT2D eigenvalue weighted by Crippen LogP contribution is 2.34. The van der Waals surface area contributed by atoms with Crippen LogP contribution in [-0.4, -0.2) is 57.7 Å². The summed E-state index contributed by atoms with van der Waals surface area (Å²) in [6, 6.07) is 6.75. The van der Waals surface area contributed by atoms with E-state index in [0.29, 0.717) is 31.8 Å². The molecule has 2 aliphatic heterocycles. The van der Waals surface area contributed by atoms with Gasteiger partial charge < -0.3 is 14.8 Å². The number of benzene rings is 2. The second-order valence-electron chi connectivity index (χ2n) is 11.0. The van der Waals surface area contributed by atoms with Crippen LogP contribution < -0.4 is 19.5 Å². The summed E-state index contributed by atoms with van der Waals surface area (Å²) in [6.07, 6.45) is 0.429. The van der Waals surface area contributed by atoms with E-state index < -0.39 is 45.5 Å². The van der Waals surface area contributed by atoms with Gasteiger partial charge in [0.1, 0.15) is 6.04 Å². The van der Waals surface area contributed by atoms with Crippen molar-refractivity contribution in [1.29, 1.82) is 0 Å². The van der Waals surface area contributed by atoms with E-state index in [9.17, 15) is 26.4 Å². The molecule has 0 aromatic heterocycles. The van der Waals surface area contributed by atoms with Crippen molar-refractivity contribution in [3.8, 4) is 11.5 Å². The molecule has 224 valence electrons. The zero-order valence-electron chi connectivity index (χ0n) is 22.8. The van der Waals surface area contributed by atoms with Crippen LogP contribution >= 0.6 is 0 Å². The first-order chi connectivity index (χ1) is 19.6. The highest BCUT2D eigenvalue weighted by Gasteiger charge is 2.44. The zero-order valence-corrected chi connectivity index (χ0v) is 23.7. The van der Waals surface area contributed by atoms with E-state index in [4.69, 9.17) is 9.47 Å². The van der Waals surface area contributed by atoms with E-state index in [-0.39, 0.29) is 5.75 Å². The standard InChI is InChI=1S/C29H36F3N3O5S/c30-29(31,32)27(34-41(37,38)22-9-11-25-26(17-22)40-15-5-14-39-25)18-28(36)33-24-7-4-6-21-16-20(8-10-23(21)24)19-35-12-2-1-3-13-35/h8-11,16-17,24,27,34H,1-7,12-15,18-19H2,(H,33,36)/t24-,27-/m1/s1. The Labute approximate surface area is 238 Å². The van der Waals surface area contributed by atoms with Crippen LogP contribution in [0, 0.1) is 0 Å². The lowest BCUT2D eigenvalue weighted by Gasteiger charge is -2.30. The summed E-state index contributed by atoms with van der Waals surface area (Å²) in [7, 11) is -4.62. The molecule has 1 fully saturated rings. The molecule has 41 heavy (non-hydrogen) atoms. The molecule has 0 unspecified atom stereocenters. The molecular weight excluding hydrogens is 559 g/mol. The summed E-state index contributed by atoms with van der Waals surface area (Å²) in [4.78, 5) is 14.9. The number of carbonyl (C=O) groups excluding carboxylic acids is 1. The molecule has 0 saturated carbocycles. The van der Waals surface area contributed by atoms with E-state index >= 15 is 0 Å².